The molecule has 3 rings (SSSR count). The summed E-state index contributed by atoms with van der Waals surface area (Å²) in [4.78, 5) is 18.8. The molecule has 1 aromatic heterocycles. The molecule has 0 radical (unpaired) electrons. The van der Waals surface area contributed by atoms with Crippen molar-refractivity contribution in [3.05, 3.63) is 78.2 Å². The van der Waals surface area contributed by atoms with Gasteiger partial charge in [0.2, 0.25) is 17.6 Å². The summed E-state index contributed by atoms with van der Waals surface area (Å²) in [5.41, 5.74) is 2.35. The summed E-state index contributed by atoms with van der Waals surface area (Å²) in [5.74, 6) is 1.59. The molecule has 0 aliphatic carbocycles. The van der Waals surface area contributed by atoms with Crippen molar-refractivity contribution in [2.24, 2.45) is 0 Å². The number of hydrogen-bond acceptors (Lipinski definition) is 6. The number of carbonyl (C=O) groups is 1. The molecule has 0 saturated heterocycles. The van der Waals surface area contributed by atoms with Gasteiger partial charge in [-0.3, -0.25) is 4.79 Å². The monoisotopic (exact) mass is 402 g/mol. The first-order valence-corrected chi connectivity index (χ1v) is 9.47. The van der Waals surface area contributed by atoms with Gasteiger partial charge in [-0.2, -0.15) is 10.2 Å². The van der Waals surface area contributed by atoms with Crippen molar-refractivity contribution in [1.82, 2.24) is 15.0 Å². The van der Waals surface area contributed by atoms with E-state index in [1.807, 2.05) is 36.4 Å². The maximum Gasteiger partial charge on any atom is 0.227 e. The first-order valence-electron chi connectivity index (χ1n) is 9.47. The molecule has 0 N–H and O–H groups in total. The average molecular weight is 402 g/mol. The number of ether oxygens (including phenoxy) is 1. The van der Waals surface area contributed by atoms with Crippen LogP contribution in [-0.2, 0) is 17.8 Å². The topological polar surface area (TPSA) is 92.2 Å². The molecule has 0 aliphatic rings. The highest BCUT2D eigenvalue weighted by molar-refractivity contribution is 5.76. The molecular weight excluding hydrogens is 380 g/mol. The van der Waals surface area contributed by atoms with Gasteiger partial charge < -0.3 is 14.2 Å². The fraction of sp³-hybridized carbons (Fsp3) is 0.217. The van der Waals surface area contributed by atoms with E-state index >= 15 is 0 Å². The number of hydrogen-bond donors (Lipinski definition) is 0. The summed E-state index contributed by atoms with van der Waals surface area (Å²) in [6.07, 6.45) is 2.29. The van der Waals surface area contributed by atoms with Gasteiger partial charge in [0.05, 0.1) is 18.7 Å². The quantitative estimate of drug-likeness (QED) is 0.506. The molecule has 2 aromatic carbocycles. The SMILES string of the molecule is C=CCN(Cc1ccc(C#N)cc1)C(=O)CCc1nc(-c2ccc(OC)cc2)no1. The molecule has 0 unspecified atom stereocenters. The predicted molar refractivity (Wildman–Crippen MR) is 111 cm³/mol. The number of nitriles is 1. The molecule has 0 spiro atoms. The highest BCUT2D eigenvalue weighted by atomic mass is 16.5. The van der Waals surface area contributed by atoms with Gasteiger partial charge in [-0.15, -0.1) is 6.58 Å². The van der Waals surface area contributed by atoms with Crippen molar-refractivity contribution in [1.29, 1.82) is 5.26 Å². The van der Waals surface area contributed by atoms with Crippen LogP contribution >= 0.6 is 0 Å². The Morgan fingerprint density at radius 3 is 2.60 bits per heavy atom. The summed E-state index contributed by atoms with van der Waals surface area (Å²) < 4.78 is 10.4. The number of amides is 1. The molecule has 1 heterocycles. The Kier molecular flexibility index (Phi) is 6.95. The van der Waals surface area contributed by atoms with E-state index in [-0.39, 0.29) is 12.3 Å². The van der Waals surface area contributed by atoms with Crippen LogP contribution in [0, 0.1) is 11.3 Å². The molecule has 3 aromatic rings. The minimum atomic E-state index is -0.0385. The van der Waals surface area contributed by atoms with E-state index in [0.29, 0.717) is 36.8 Å². The lowest BCUT2D eigenvalue weighted by Gasteiger charge is -2.21. The van der Waals surface area contributed by atoms with Gasteiger partial charge >= 0.3 is 0 Å². The molecule has 0 saturated carbocycles. The van der Waals surface area contributed by atoms with Gasteiger partial charge in [0, 0.05) is 31.5 Å². The van der Waals surface area contributed by atoms with E-state index < -0.39 is 0 Å². The van der Waals surface area contributed by atoms with E-state index in [9.17, 15) is 4.79 Å². The van der Waals surface area contributed by atoms with Gasteiger partial charge in [-0.05, 0) is 42.0 Å². The first-order chi connectivity index (χ1) is 14.6. The summed E-state index contributed by atoms with van der Waals surface area (Å²) in [5, 5.41) is 12.9. The molecule has 0 aliphatic heterocycles. The molecule has 152 valence electrons. The lowest BCUT2D eigenvalue weighted by atomic mass is 10.1. The van der Waals surface area contributed by atoms with Crippen LogP contribution in [0.2, 0.25) is 0 Å². The molecule has 0 bridgehead atoms. The Balaban J connectivity index is 1.60. The van der Waals surface area contributed by atoms with Crippen LogP contribution in [0.4, 0.5) is 0 Å². The Bertz CT molecular complexity index is 1030. The van der Waals surface area contributed by atoms with Crippen molar-refractivity contribution in [2.75, 3.05) is 13.7 Å². The molecule has 0 atom stereocenters. The van der Waals surface area contributed by atoms with Gasteiger partial charge in [0.25, 0.3) is 0 Å². The van der Waals surface area contributed by atoms with Crippen LogP contribution in [0.1, 0.15) is 23.4 Å². The second kappa shape index (κ2) is 10.0. The zero-order valence-corrected chi connectivity index (χ0v) is 16.7. The van der Waals surface area contributed by atoms with Crippen LogP contribution in [-0.4, -0.2) is 34.6 Å². The van der Waals surface area contributed by atoms with Gasteiger partial charge in [0.15, 0.2) is 0 Å². The van der Waals surface area contributed by atoms with E-state index in [1.54, 1.807) is 30.2 Å². The van der Waals surface area contributed by atoms with Crippen molar-refractivity contribution >= 4 is 5.91 Å². The van der Waals surface area contributed by atoms with Gasteiger partial charge in [0.1, 0.15) is 5.75 Å². The van der Waals surface area contributed by atoms with Crippen molar-refractivity contribution in [2.45, 2.75) is 19.4 Å². The molecule has 30 heavy (non-hydrogen) atoms. The number of carbonyl (C=O) groups excluding carboxylic acids is 1. The second-order valence-corrected chi connectivity index (χ2v) is 6.61. The highest BCUT2D eigenvalue weighted by Crippen LogP contribution is 2.20. The van der Waals surface area contributed by atoms with Crippen LogP contribution in [0.5, 0.6) is 5.75 Å². The third-order valence-electron chi connectivity index (χ3n) is 4.53. The molecule has 1 amide bonds. The summed E-state index contributed by atoms with van der Waals surface area (Å²) in [6.45, 7) is 4.60. The molecule has 7 heteroatoms. The summed E-state index contributed by atoms with van der Waals surface area (Å²) in [7, 11) is 1.61. The van der Waals surface area contributed by atoms with Crippen LogP contribution in [0.25, 0.3) is 11.4 Å². The molecule has 0 fully saturated rings. The van der Waals surface area contributed by atoms with Crippen LogP contribution < -0.4 is 4.74 Å². The Morgan fingerprint density at radius 1 is 1.23 bits per heavy atom. The van der Waals surface area contributed by atoms with E-state index in [4.69, 9.17) is 14.5 Å². The fourth-order valence-corrected chi connectivity index (χ4v) is 2.90. The smallest absolute Gasteiger partial charge is 0.227 e. The van der Waals surface area contributed by atoms with E-state index in [1.165, 1.54) is 0 Å². The summed E-state index contributed by atoms with van der Waals surface area (Å²) >= 11 is 0. The van der Waals surface area contributed by atoms with Crippen LogP contribution in [0.3, 0.4) is 0 Å². The number of nitrogens with zero attached hydrogens (tertiary/aromatic N) is 4. The van der Waals surface area contributed by atoms with Crippen LogP contribution in [0.15, 0.2) is 65.7 Å². The average Bonchev–Trinajstić information content (AvgIpc) is 3.27. The number of benzene rings is 2. The second-order valence-electron chi connectivity index (χ2n) is 6.61. The number of aryl methyl sites for hydroxylation is 1. The standard InChI is InChI=1S/C23H22N4O3/c1-3-14-27(16-18-6-4-17(15-24)5-7-18)22(28)13-12-21-25-23(26-30-21)19-8-10-20(29-2)11-9-19/h3-11H,1,12-14,16H2,2H3. The Hall–Kier alpha value is -3.92. The number of rotatable bonds is 9. The minimum Gasteiger partial charge on any atom is -0.497 e. The molecule has 7 nitrogen and oxygen atoms in total. The Morgan fingerprint density at radius 2 is 1.97 bits per heavy atom. The Labute approximate surface area is 175 Å². The minimum absolute atomic E-state index is 0.0385. The van der Waals surface area contributed by atoms with Gasteiger partial charge in [-0.1, -0.05) is 23.4 Å². The normalized spacial score (nSPS) is 10.3. The van der Waals surface area contributed by atoms with Gasteiger partial charge in [-0.25, -0.2) is 0 Å². The lowest BCUT2D eigenvalue weighted by molar-refractivity contribution is -0.131. The third kappa shape index (κ3) is 5.32. The maximum atomic E-state index is 12.7. The van der Waals surface area contributed by atoms with Crippen molar-refractivity contribution < 1.29 is 14.1 Å². The van der Waals surface area contributed by atoms with Crippen molar-refractivity contribution in [3.8, 4) is 23.2 Å². The molecular formula is C23H22N4O3. The maximum absolute atomic E-state index is 12.7. The largest absolute Gasteiger partial charge is 0.497 e. The van der Waals surface area contributed by atoms with E-state index in [0.717, 1.165) is 16.9 Å². The highest BCUT2D eigenvalue weighted by Gasteiger charge is 2.16. The number of aromatic nitrogens is 2. The summed E-state index contributed by atoms with van der Waals surface area (Å²) in [6, 6.07) is 16.6. The predicted octanol–water partition coefficient (Wildman–Crippen LogP) is 3.76. The lowest BCUT2D eigenvalue weighted by Crippen LogP contribution is -2.30. The third-order valence-corrected chi connectivity index (χ3v) is 4.53. The fourth-order valence-electron chi connectivity index (χ4n) is 2.90. The zero-order valence-electron chi connectivity index (χ0n) is 16.7. The van der Waals surface area contributed by atoms with E-state index in [2.05, 4.69) is 22.8 Å². The zero-order chi connectivity index (χ0) is 21.3. The number of methoxy groups -OCH3 is 1. The van der Waals surface area contributed by atoms with Crippen molar-refractivity contribution in [3.63, 3.8) is 0 Å². The first kappa shape index (κ1) is 20.8.